The molecular weight excluding hydrogens is 284 g/mol. The average Bonchev–Trinajstić information content (AvgIpc) is 2.55. The highest BCUT2D eigenvalue weighted by molar-refractivity contribution is 5.82. The van der Waals surface area contributed by atoms with E-state index in [0.29, 0.717) is 19.8 Å². The predicted molar refractivity (Wildman–Crippen MR) is 82.0 cm³/mol. The predicted octanol–water partition coefficient (Wildman–Crippen LogP) is 0.978. The zero-order valence-corrected chi connectivity index (χ0v) is 13.4. The molecule has 1 aliphatic heterocycles. The number of hydrogen-bond donors (Lipinski definition) is 2. The number of nitrogens with one attached hydrogen (secondary N) is 1. The van der Waals surface area contributed by atoms with Crippen LogP contribution in [-0.4, -0.2) is 43.8 Å². The van der Waals surface area contributed by atoms with Gasteiger partial charge in [-0.2, -0.15) is 0 Å². The minimum atomic E-state index is -0.452. The minimum absolute atomic E-state index is 0.0164. The monoisotopic (exact) mass is 312 g/mol. The van der Waals surface area contributed by atoms with Crippen LogP contribution in [0.3, 0.4) is 0 Å². The van der Waals surface area contributed by atoms with Crippen LogP contribution >= 0.6 is 0 Å². The topological polar surface area (TPSA) is 90.7 Å². The van der Waals surface area contributed by atoms with Gasteiger partial charge in [0.05, 0.1) is 18.6 Å². The highest BCUT2D eigenvalue weighted by Gasteiger charge is 2.31. The summed E-state index contributed by atoms with van der Waals surface area (Å²) in [7, 11) is 0. The van der Waals surface area contributed by atoms with Crippen molar-refractivity contribution < 1.29 is 19.1 Å². The Morgan fingerprint density at radius 1 is 1.18 bits per heavy atom. The lowest BCUT2D eigenvalue weighted by molar-refractivity contribution is -0.149. The van der Waals surface area contributed by atoms with Crippen LogP contribution in [-0.2, 0) is 19.1 Å². The fourth-order valence-electron chi connectivity index (χ4n) is 3.32. The molecule has 0 aromatic carbocycles. The molecule has 1 aliphatic carbocycles. The molecule has 0 spiro atoms. The van der Waals surface area contributed by atoms with Gasteiger partial charge in [0.25, 0.3) is 0 Å². The summed E-state index contributed by atoms with van der Waals surface area (Å²) in [6, 6.07) is -0.323. The van der Waals surface area contributed by atoms with E-state index >= 15 is 0 Å². The molecule has 22 heavy (non-hydrogen) atoms. The lowest BCUT2D eigenvalue weighted by Gasteiger charge is -2.31. The molecule has 6 nitrogen and oxygen atoms in total. The van der Waals surface area contributed by atoms with Crippen LogP contribution in [0.5, 0.6) is 0 Å². The van der Waals surface area contributed by atoms with Crippen molar-refractivity contribution in [3.8, 4) is 0 Å². The van der Waals surface area contributed by atoms with Crippen LogP contribution in [0.4, 0.5) is 0 Å². The standard InChI is InChI=1S/C16H28N2O4/c1-2-22-16(20)12-3-5-13(6-4-12)18-15(19)14(17)11-7-9-21-10-8-11/h11-14H,2-10,17H2,1H3,(H,18,19). The van der Waals surface area contributed by atoms with E-state index < -0.39 is 6.04 Å². The number of amides is 1. The zero-order chi connectivity index (χ0) is 15.9. The first kappa shape index (κ1) is 17.2. The molecule has 2 fully saturated rings. The summed E-state index contributed by atoms with van der Waals surface area (Å²) >= 11 is 0. The summed E-state index contributed by atoms with van der Waals surface area (Å²) in [5.41, 5.74) is 6.08. The summed E-state index contributed by atoms with van der Waals surface area (Å²) in [5, 5.41) is 3.05. The fourth-order valence-corrected chi connectivity index (χ4v) is 3.32. The van der Waals surface area contributed by atoms with Crippen LogP contribution in [0, 0.1) is 11.8 Å². The maximum Gasteiger partial charge on any atom is 0.308 e. The molecule has 3 N–H and O–H groups in total. The van der Waals surface area contributed by atoms with E-state index in [9.17, 15) is 9.59 Å². The van der Waals surface area contributed by atoms with Crippen molar-refractivity contribution in [2.75, 3.05) is 19.8 Å². The van der Waals surface area contributed by atoms with Crippen molar-refractivity contribution in [3.63, 3.8) is 0 Å². The Balaban J connectivity index is 1.73. The molecule has 1 amide bonds. The number of carbonyl (C=O) groups excluding carboxylic acids is 2. The van der Waals surface area contributed by atoms with E-state index in [4.69, 9.17) is 15.2 Å². The average molecular weight is 312 g/mol. The molecule has 1 unspecified atom stereocenters. The van der Waals surface area contributed by atoms with Gasteiger partial charge < -0.3 is 20.5 Å². The first-order chi connectivity index (χ1) is 10.6. The van der Waals surface area contributed by atoms with Crippen LogP contribution in [0.25, 0.3) is 0 Å². The quantitative estimate of drug-likeness (QED) is 0.739. The van der Waals surface area contributed by atoms with Gasteiger partial charge in [0, 0.05) is 19.3 Å². The van der Waals surface area contributed by atoms with Gasteiger partial charge >= 0.3 is 5.97 Å². The zero-order valence-electron chi connectivity index (χ0n) is 13.4. The van der Waals surface area contributed by atoms with E-state index in [-0.39, 0.29) is 29.8 Å². The first-order valence-electron chi connectivity index (χ1n) is 8.42. The van der Waals surface area contributed by atoms with E-state index in [2.05, 4.69) is 5.32 Å². The number of carbonyl (C=O) groups is 2. The second-order valence-electron chi connectivity index (χ2n) is 6.28. The van der Waals surface area contributed by atoms with Crippen LogP contribution in [0.15, 0.2) is 0 Å². The van der Waals surface area contributed by atoms with Gasteiger partial charge in [-0.25, -0.2) is 0 Å². The maximum absolute atomic E-state index is 12.3. The summed E-state index contributed by atoms with van der Waals surface area (Å²) in [5.74, 6) is 0.0274. The third-order valence-electron chi connectivity index (χ3n) is 4.77. The van der Waals surface area contributed by atoms with Gasteiger partial charge in [0.1, 0.15) is 0 Å². The molecule has 2 aliphatic rings. The van der Waals surface area contributed by atoms with Crippen LogP contribution in [0.2, 0.25) is 0 Å². The van der Waals surface area contributed by atoms with Crippen molar-refractivity contribution in [2.24, 2.45) is 17.6 Å². The Hall–Kier alpha value is -1.14. The third-order valence-corrected chi connectivity index (χ3v) is 4.77. The van der Waals surface area contributed by atoms with Gasteiger partial charge in [0.15, 0.2) is 0 Å². The largest absolute Gasteiger partial charge is 0.466 e. The molecule has 6 heteroatoms. The van der Waals surface area contributed by atoms with Gasteiger partial charge in [-0.05, 0) is 51.4 Å². The maximum atomic E-state index is 12.3. The molecule has 0 bridgehead atoms. The Bertz CT molecular complexity index is 374. The van der Waals surface area contributed by atoms with E-state index in [0.717, 1.165) is 38.5 Å². The Labute approximate surface area is 132 Å². The molecule has 1 atom stereocenters. The van der Waals surface area contributed by atoms with Crippen molar-refractivity contribution in [2.45, 2.75) is 57.5 Å². The second-order valence-corrected chi connectivity index (χ2v) is 6.28. The Morgan fingerprint density at radius 2 is 1.82 bits per heavy atom. The van der Waals surface area contributed by atoms with E-state index in [1.807, 2.05) is 6.92 Å². The number of nitrogens with two attached hydrogens (primary N) is 1. The van der Waals surface area contributed by atoms with Crippen molar-refractivity contribution in [3.05, 3.63) is 0 Å². The molecular formula is C16H28N2O4. The summed E-state index contributed by atoms with van der Waals surface area (Å²) in [4.78, 5) is 24.0. The molecule has 2 rings (SSSR count). The molecule has 1 saturated heterocycles. The Morgan fingerprint density at radius 3 is 2.41 bits per heavy atom. The van der Waals surface area contributed by atoms with Crippen molar-refractivity contribution in [1.82, 2.24) is 5.32 Å². The minimum Gasteiger partial charge on any atom is -0.466 e. The number of esters is 1. The van der Waals surface area contributed by atoms with Gasteiger partial charge in [-0.15, -0.1) is 0 Å². The van der Waals surface area contributed by atoms with Crippen LogP contribution < -0.4 is 11.1 Å². The van der Waals surface area contributed by atoms with Gasteiger partial charge in [-0.3, -0.25) is 9.59 Å². The smallest absolute Gasteiger partial charge is 0.308 e. The summed E-state index contributed by atoms with van der Waals surface area (Å²) in [6.45, 7) is 3.63. The molecule has 0 radical (unpaired) electrons. The number of ether oxygens (including phenoxy) is 2. The summed E-state index contributed by atoms with van der Waals surface area (Å²) < 4.78 is 10.4. The normalized spacial score (nSPS) is 27.9. The van der Waals surface area contributed by atoms with Crippen LogP contribution in [0.1, 0.15) is 45.4 Å². The molecule has 1 saturated carbocycles. The van der Waals surface area contributed by atoms with Crippen molar-refractivity contribution in [1.29, 1.82) is 0 Å². The fraction of sp³-hybridized carbons (Fsp3) is 0.875. The number of hydrogen-bond acceptors (Lipinski definition) is 5. The first-order valence-corrected chi connectivity index (χ1v) is 8.42. The lowest BCUT2D eigenvalue weighted by Crippen LogP contribution is -2.50. The van der Waals surface area contributed by atoms with Crippen molar-refractivity contribution >= 4 is 11.9 Å². The highest BCUT2D eigenvalue weighted by atomic mass is 16.5. The molecule has 1 heterocycles. The van der Waals surface area contributed by atoms with E-state index in [1.165, 1.54) is 0 Å². The SMILES string of the molecule is CCOC(=O)C1CCC(NC(=O)C(N)C2CCOCC2)CC1. The summed E-state index contributed by atoms with van der Waals surface area (Å²) in [6.07, 6.45) is 4.88. The third kappa shape index (κ3) is 4.68. The van der Waals surface area contributed by atoms with E-state index in [1.54, 1.807) is 0 Å². The second kappa shape index (κ2) is 8.48. The van der Waals surface area contributed by atoms with Gasteiger partial charge in [-0.1, -0.05) is 0 Å². The van der Waals surface area contributed by atoms with Gasteiger partial charge in [0.2, 0.25) is 5.91 Å². The Kier molecular flexibility index (Phi) is 6.64. The molecule has 0 aromatic heterocycles. The number of rotatable bonds is 5. The highest BCUT2D eigenvalue weighted by Crippen LogP contribution is 2.26. The molecule has 0 aromatic rings. The lowest BCUT2D eigenvalue weighted by atomic mass is 9.85. The molecule has 126 valence electrons.